The lowest BCUT2D eigenvalue weighted by Crippen LogP contribution is -2.25. The topological polar surface area (TPSA) is 54.7 Å². The number of nitrogens with zero attached hydrogens (tertiary/aromatic N) is 3. The number of aromatic nitrogens is 1. The fourth-order valence-electron chi connectivity index (χ4n) is 8.40. The van der Waals surface area contributed by atoms with Crippen LogP contribution in [0.5, 0.6) is 0 Å². The average molecular weight is 644 g/mol. The molecule has 2 aliphatic carbocycles. The van der Waals surface area contributed by atoms with Gasteiger partial charge >= 0.3 is 0 Å². The minimum Gasteiger partial charge on any atom is -0.289 e. The molecule has 0 bridgehead atoms. The Kier molecular flexibility index (Phi) is 12.0. The zero-order chi connectivity index (χ0) is 34.3. The molecule has 0 saturated heterocycles. The van der Waals surface area contributed by atoms with Crippen LogP contribution in [0.2, 0.25) is 0 Å². The number of carbonyl (C=O) groups is 1. The fourth-order valence-corrected chi connectivity index (χ4v) is 8.40. The first-order valence-corrected chi connectivity index (χ1v) is 18.5. The van der Waals surface area contributed by atoms with Gasteiger partial charge in [0.1, 0.15) is 0 Å². The number of hydrogen-bond acceptors (Lipinski definition) is 4. The summed E-state index contributed by atoms with van der Waals surface area (Å²) >= 11 is 0. The molecule has 1 aromatic carbocycles. The van der Waals surface area contributed by atoms with Gasteiger partial charge in [-0.1, -0.05) is 63.8 Å². The van der Waals surface area contributed by atoms with Crippen molar-refractivity contribution in [3.8, 4) is 0 Å². The second-order valence-electron chi connectivity index (χ2n) is 14.8. The van der Waals surface area contributed by atoms with Gasteiger partial charge in [-0.2, -0.15) is 0 Å². The van der Waals surface area contributed by atoms with Crippen LogP contribution in [0, 0.1) is 36.0 Å². The molecule has 4 heteroatoms. The number of aliphatic imine (C=N–C) groups is 2. The Bertz CT molecular complexity index is 1600. The number of allylic oxidation sites excluding steroid dienone is 6. The number of ketones is 1. The van der Waals surface area contributed by atoms with Gasteiger partial charge < -0.3 is 0 Å². The Morgan fingerprint density at radius 1 is 1.08 bits per heavy atom. The number of pyridine rings is 1. The van der Waals surface area contributed by atoms with E-state index >= 15 is 0 Å². The van der Waals surface area contributed by atoms with Gasteiger partial charge in [-0.3, -0.25) is 19.8 Å². The molecular weight excluding hydrogens is 587 g/mol. The predicted octanol–water partition coefficient (Wildman–Crippen LogP) is 10.9. The third-order valence-corrected chi connectivity index (χ3v) is 11.6. The Balaban J connectivity index is 1.17. The first-order valence-electron chi connectivity index (χ1n) is 18.5. The molecule has 2 saturated carbocycles. The van der Waals surface area contributed by atoms with E-state index in [1.165, 1.54) is 47.9 Å². The second kappa shape index (κ2) is 16.2. The molecule has 0 radical (unpaired) electrons. The molecule has 48 heavy (non-hydrogen) atoms. The lowest BCUT2D eigenvalue weighted by molar-refractivity contribution is -0.111. The fraction of sp³-hybridized carbons (Fsp3) is 0.500. The van der Waals surface area contributed by atoms with Crippen molar-refractivity contribution in [1.82, 2.24) is 4.98 Å². The molecule has 2 aromatic rings. The zero-order valence-electron chi connectivity index (χ0n) is 30.3. The maximum absolute atomic E-state index is 13.4. The monoisotopic (exact) mass is 643 g/mol. The molecule has 5 rings (SSSR count). The summed E-state index contributed by atoms with van der Waals surface area (Å²) in [5.74, 6) is 3.05. The van der Waals surface area contributed by atoms with E-state index in [1.54, 1.807) is 6.08 Å². The van der Waals surface area contributed by atoms with Gasteiger partial charge in [0.25, 0.3) is 0 Å². The van der Waals surface area contributed by atoms with Crippen LogP contribution in [0.1, 0.15) is 114 Å². The number of fused-ring (bicyclic) bond motifs is 1. The molecular formula is C44H57N3O. The van der Waals surface area contributed by atoms with Crippen molar-refractivity contribution in [2.24, 2.45) is 39.1 Å². The smallest absolute Gasteiger partial charge is 0.187 e. The third kappa shape index (κ3) is 8.31. The minimum atomic E-state index is -0.00825. The van der Waals surface area contributed by atoms with Crippen molar-refractivity contribution in [3.05, 3.63) is 113 Å². The summed E-state index contributed by atoms with van der Waals surface area (Å²) in [6.45, 7) is 17.0. The summed E-state index contributed by atoms with van der Waals surface area (Å²) < 4.78 is 0. The van der Waals surface area contributed by atoms with E-state index in [0.717, 1.165) is 61.4 Å². The van der Waals surface area contributed by atoms with Crippen LogP contribution in [0.4, 0.5) is 0 Å². The van der Waals surface area contributed by atoms with E-state index in [-0.39, 0.29) is 11.2 Å². The van der Waals surface area contributed by atoms with Crippen molar-refractivity contribution in [1.29, 1.82) is 0 Å². The highest BCUT2D eigenvalue weighted by molar-refractivity contribution is 6.08. The van der Waals surface area contributed by atoms with Crippen molar-refractivity contribution in [2.45, 2.75) is 112 Å². The molecule has 4 nitrogen and oxygen atoms in total. The van der Waals surface area contributed by atoms with Crippen molar-refractivity contribution in [2.75, 3.05) is 0 Å². The van der Waals surface area contributed by atoms with E-state index in [1.807, 2.05) is 32.5 Å². The van der Waals surface area contributed by atoms with Crippen LogP contribution < -0.4 is 0 Å². The Labute approximate surface area is 290 Å². The highest BCUT2D eigenvalue weighted by atomic mass is 16.1. The summed E-state index contributed by atoms with van der Waals surface area (Å²) in [5.41, 5.74) is 8.93. The van der Waals surface area contributed by atoms with E-state index in [9.17, 15) is 4.79 Å². The lowest BCUT2D eigenvalue weighted by atomic mass is 9.68. The Hall–Kier alpha value is -3.66. The summed E-state index contributed by atoms with van der Waals surface area (Å²) in [5, 5.41) is 0. The molecule has 0 N–H and O–H groups in total. The van der Waals surface area contributed by atoms with Crippen molar-refractivity contribution >= 4 is 17.7 Å². The van der Waals surface area contributed by atoms with Crippen LogP contribution >= 0.6 is 0 Å². The van der Waals surface area contributed by atoms with Gasteiger partial charge in [-0.15, -0.1) is 0 Å². The van der Waals surface area contributed by atoms with E-state index in [2.05, 4.69) is 92.9 Å². The van der Waals surface area contributed by atoms with Crippen LogP contribution in [0.25, 0.3) is 0 Å². The number of benzene rings is 1. The van der Waals surface area contributed by atoms with Gasteiger partial charge in [0.05, 0.1) is 0 Å². The number of aryl methyl sites for hydroxylation is 2. The molecule has 2 fully saturated rings. The van der Waals surface area contributed by atoms with Crippen molar-refractivity contribution < 1.29 is 4.79 Å². The molecule has 1 aromatic heterocycles. The molecule has 254 valence electrons. The van der Waals surface area contributed by atoms with E-state index < -0.39 is 0 Å². The van der Waals surface area contributed by atoms with Gasteiger partial charge in [0.2, 0.25) is 0 Å². The third-order valence-electron chi connectivity index (χ3n) is 11.6. The van der Waals surface area contributed by atoms with Crippen LogP contribution in [0.3, 0.4) is 0 Å². The summed E-state index contributed by atoms with van der Waals surface area (Å²) in [7, 11) is 0. The Morgan fingerprint density at radius 3 is 2.46 bits per heavy atom. The predicted molar refractivity (Wildman–Crippen MR) is 203 cm³/mol. The molecule has 2 heterocycles. The van der Waals surface area contributed by atoms with Crippen LogP contribution in [-0.4, -0.2) is 22.7 Å². The van der Waals surface area contributed by atoms with Crippen LogP contribution in [-0.2, 0) is 17.6 Å². The number of carbonyl (C=O) groups excluding carboxylic acids is 1. The molecule has 1 aliphatic heterocycles. The lowest BCUT2D eigenvalue weighted by Gasteiger charge is -2.37. The Morgan fingerprint density at radius 2 is 1.81 bits per heavy atom. The van der Waals surface area contributed by atoms with Crippen molar-refractivity contribution in [3.63, 3.8) is 0 Å². The summed E-state index contributed by atoms with van der Waals surface area (Å²) in [6, 6.07) is 11.6. The molecule has 3 unspecified atom stereocenters. The van der Waals surface area contributed by atoms with E-state index in [0.29, 0.717) is 29.2 Å². The first-order chi connectivity index (χ1) is 23.2. The quantitative estimate of drug-likeness (QED) is 0.110. The second-order valence-corrected chi connectivity index (χ2v) is 14.8. The molecule has 0 amide bonds. The zero-order valence-corrected chi connectivity index (χ0v) is 30.3. The molecule has 3 aliphatic rings. The van der Waals surface area contributed by atoms with Gasteiger partial charge in [0.15, 0.2) is 5.78 Å². The van der Waals surface area contributed by atoms with Gasteiger partial charge in [0, 0.05) is 53.1 Å². The standard InChI is InChI=1S/C44H57N3O/c1-8-34-14-16-36(17-15-34)40(26-38-28-45-24-22-32(38)6)37-20-18-35(19-21-37)31(5)12-10-11-13-41(48)43(30(3)4)33(7)47-42(9-2)44-23-25-46-29-39(44)27-44/h11,13-17,22-25,28-29,31,35,37,39-40H,3,8-10,12,18-21,26-27H2,1-2,4-7H3/b13-11+,43-33+,47-42?/t31-,35?,37?,39?,40?,44?/m1/s1. The number of rotatable bonds is 15. The molecule has 0 spiro atoms. The largest absolute Gasteiger partial charge is 0.289 e. The maximum Gasteiger partial charge on any atom is 0.187 e. The summed E-state index contributed by atoms with van der Waals surface area (Å²) in [4.78, 5) is 27.2. The minimum absolute atomic E-state index is 0.00825. The van der Waals surface area contributed by atoms with Gasteiger partial charge in [-0.05, 0) is 149 Å². The normalized spacial score (nSPS) is 25.4. The first kappa shape index (κ1) is 35.6. The number of hydrogen-bond donors (Lipinski definition) is 0. The average Bonchev–Trinajstić information content (AvgIpc) is 3.85. The summed E-state index contributed by atoms with van der Waals surface area (Å²) in [6.07, 6.45) is 25.1. The molecule has 4 atom stereocenters. The maximum atomic E-state index is 13.4. The van der Waals surface area contributed by atoms with Crippen LogP contribution in [0.15, 0.2) is 101 Å². The SMILES string of the molecule is C=C(C)/C(C(=O)/C=C/CC[C@@H](C)C1CCC(C(Cc2cnccc2C)c2ccc(CC)cc2)CC1)=C(/C)N=C(CC)C12C=CN=CC1C2. The highest BCUT2D eigenvalue weighted by Crippen LogP contribution is 2.56. The van der Waals surface area contributed by atoms with E-state index in [4.69, 9.17) is 4.99 Å². The van der Waals surface area contributed by atoms with Gasteiger partial charge in [-0.25, -0.2) is 0 Å². The highest BCUT2D eigenvalue weighted by Gasteiger charge is 2.55.